The van der Waals surface area contributed by atoms with Gasteiger partial charge in [-0.05, 0) is 31.0 Å². The molecule has 0 aromatic heterocycles. The van der Waals surface area contributed by atoms with E-state index in [1.54, 1.807) is 18.2 Å². The van der Waals surface area contributed by atoms with E-state index in [1.165, 1.54) is 18.7 Å². The molecule has 0 fully saturated rings. The van der Waals surface area contributed by atoms with Crippen LogP contribution >= 0.6 is 11.8 Å². The third-order valence-corrected chi connectivity index (χ3v) is 3.71. The zero-order chi connectivity index (χ0) is 12.8. The number of thioether (sulfide) groups is 1. The number of aliphatic hydroxyl groups is 1. The molecule has 0 amide bonds. The number of hydrogen-bond acceptors (Lipinski definition) is 4. The van der Waals surface area contributed by atoms with E-state index in [-0.39, 0.29) is 18.3 Å². The number of nitriles is 1. The van der Waals surface area contributed by atoms with Gasteiger partial charge in [-0.2, -0.15) is 5.26 Å². The second-order valence-corrected chi connectivity index (χ2v) is 5.04. The number of aliphatic hydroxyl groups excluding tert-OH is 1. The van der Waals surface area contributed by atoms with Crippen LogP contribution in [-0.2, 0) is 0 Å². The molecule has 3 nitrogen and oxygen atoms in total. The highest BCUT2D eigenvalue weighted by Crippen LogP contribution is 2.26. The summed E-state index contributed by atoms with van der Waals surface area (Å²) in [5.41, 5.74) is 1.19. The summed E-state index contributed by atoms with van der Waals surface area (Å²) in [4.78, 5) is 12.3. The van der Waals surface area contributed by atoms with Gasteiger partial charge in [0.1, 0.15) is 0 Å². The Morgan fingerprint density at radius 2 is 2.29 bits per heavy atom. The van der Waals surface area contributed by atoms with Crippen molar-refractivity contribution in [1.29, 1.82) is 5.26 Å². The van der Waals surface area contributed by atoms with Crippen LogP contribution in [0.5, 0.6) is 0 Å². The molecule has 0 saturated carbocycles. The fourth-order valence-corrected chi connectivity index (χ4v) is 2.43. The van der Waals surface area contributed by atoms with Crippen molar-refractivity contribution < 1.29 is 9.90 Å². The second-order valence-electron chi connectivity index (χ2n) is 3.98. The Kier molecular flexibility index (Phi) is 5.20. The molecular formula is C13H15NO2S. The molecule has 1 unspecified atom stereocenters. The van der Waals surface area contributed by atoms with Crippen LogP contribution < -0.4 is 0 Å². The largest absolute Gasteiger partial charge is 0.396 e. The normalized spacial score (nSPS) is 11.9. The molecule has 0 radical (unpaired) electrons. The quantitative estimate of drug-likeness (QED) is 0.643. The lowest BCUT2D eigenvalue weighted by Crippen LogP contribution is -2.04. The standard InChI is InChI=1S/C13H15NO2S/c1-9(7-15)8-17-13-5-11(6-14)3-4-12(13)10(2)16/h3-5,9,15H,7-8H2,1-2H3. The first-order chi connectivity index (χ1) is 8.08. The van der Waals surface area contributed by atoms with E-state index in [1.807, 2.05) is 6.92 Å². The number of benzene rings is 1. The summed E-state index contributed by atoms with van der Waals surface area (Å²) in [6.07, 6.45) is 0. The van der Waals surface area contributed by atoms with Crippen molar-refractivity contribution in [3.05, 3.63) is 29.3 Å². The van der Waals surface area contributed by atoms with Gasteiger partial charge in [0.05, 0.1) is 11.6 Å². The van der Waals surface area contributed by atoms with Gasteiger partial charge in [0.2, 0.25) is 0 Å². The number of carbonyl (C=O) groups excluding carboxylic acids is 1. The SMILES string of the molecule is CC(=O)c1ccc(C#N)cc1SCC(C)CO. The maximum Gasteiger partial charge on any atom is 0.160 e. The molecule has 1 aromatic rings. The Bertz CT molecular complexity index is 451. The molecule has 1 rings (SSSR count). The summed E-state index contributed by atoms with van der Waals surface area (Å²) in [5, 5.41) is 17.8. The molecule has 1 atom stereocenters. The third kappa shape index (κ3) is 3.88. The fourth-order valence-electron chi connectivity index (χ4n) is 1.29. The van der Waals surface area contributed by atoms with Gasteiger partial charge in [-0.3, -0.25) is 4.79 Å². The second kappa shape index (κ2) is 6.43. The monoisotopic (exact) mass is 249 g/mol. The maximum absolute atomic E-state index is 11.4. The molecule has 0 heterocycles. The minimum atomic E-state index is -0.00589. The first-order valence-corrected chi connectivity index (χ1v) is 6.35. The fraction of sp³-hybridized carbons (Fsp3) is 0.385. The van der Waals surface area contributed by atoms with Gasteiger partial charge in [0.15, 0.2) is 5.78 Å². The molecule has 1 N–H and O–H groups in total. The number of hydrogen-bond donors (Lipinski definition) is 1. The highest BCUT2D eigenvalue weighted by Gasteiger charge is 2.10. The van der Waals surface area contributed by atoms with Crippen molar-refractivity contribution in [2.45, 2.75) is 18.7 Å². The molecule has 90 valence electrons. The van der Waals surface area contributed by atoms with E-state index in [0.29, 0.717) is 11.1 Å². The molecule has 17 heavy (non-hydrogen) atoms. The smallest absolute Gasteiger partial charge is 0.160 e. The van der Waals surface area contributed by atoms with Crippen LogP contribution in [0.15, 0.2) is 23.1 Å². The minimum absolute atomic E-state index is 0.00589. The van der Waals surface area contributed by atoms with Crippen LogP contribution in [0.4, 0.5) is 0 Å². The van der Waals surface area contributed by atoms with Crippen molar-refractivity contribution in [3.63, 3.8) is 0 Å². The first kappa shape index (κ1) is 13.8. The number of nitrogens with zero attached hydrogens (tertiary/aromatic N) is 1. The Balaban J connectivity index is 2.94. The van der Waals surface area contributed by atoms with Gasteiger partial charge in [-0.15, -0.1) is 11.8 Å². The lowest BCUT2D eigenvalue weighted by atomic mass is 10.1. The van der Waals surface area contributed by atoms with Crippen molar-refractivity contribution in [2.75, 3.05) is 12.4 Å². The topological polar surface area (TPSA) is 61.1 Å². The molecule has 0 saturated heterocycles. The van der Waals surface area contributed by atoms with Crippen LogP contribution in [0.2, 0.25) is 0 Å². The summed E-state index contributed by atoms with van der Waals surface area (Å²) < 4.78 is 0. The molecule has 0 aliphatic carbocycles. The Morgan fingerprint density at radius 3 is 2.82 bits per heavy atom. The van der Waals surface area contributed by atoms with E-state index in [4.69, 9.17) is 10.4 Å². The predicted molar refractivity (Wildman–Crippen MR) is 68.1 cm³/mol. The van der Waals surface area contributed by atoms with E-state index >= 15 is 0 Å². The van der Waals surface area contributed by atoms with Crippen LogP contribution in [0, 0.1) is 17.2 Å². The highest BCUT2D eigenvalue weighted by atomic mass is 32.2. The van der Waals surface area contributed by atoms with Crippen molar-refractivity contribution in [2.24, 2.45) is 5.92 Å². The maximum atomic E-state index is 11.4. The molecular weight excluding hydrogens is 234 g/mol. The molecule has 0 bridgehead atoms. The Hall–Kier alpha value is -1.31. The average molecular weight is 249 g/mol. The van der Waals surface area contributed by atoms with Crippen molar-refractivity contribution in [1.82, 2.24) is 0 Å². The summed E-state index contributed by atoms with van der Waals surface area (Å²) in [6.45, 7) is 3.58. The van der Waals surface area contributed by atoms with Crippen molar-refractivity contribution in [3.8, 4) is 6.07 Å². The molecule has 1 aromatic carbocycles. The molecule has 4 heteroatoms. The molecule has 0 spiro atoms. The van der Waals surface area contributed by atoms with Crippen LogP contribution in [-0.4, -0.2) is 23.2 Å². The zero-order valence-electron chi connectivity index (χ0n) is 9.93. The predicted octanol–water partition coefficient (Wildman–Crippen LogP) is 2.48. The molecule has 0 aliphatic rings. The van der Waals surface area contributed by atoms with Gasteiger partial charge in [0.25, 0.3) is 0 Å². The molecule has 0 aliphatic heterocycles. The van der Waals surface area contributed by atoms with Crippen LogP contribution in [0.25, 0.3) is 0 Å². The Morgan fingerprint density at radius 1 is 1.59 bits per heavy atom. The number of rotatable bonds is 5. The van der Waals surface area contributed by atoms with Gasteiger partial charge in [0, 0.05) is 22.8 Å². The summed E-state index contributed by atoms with van der Waals surface area (Å²) in [6, 6.07) is 7.13. The first-order valence-electron chi connectivity index (χ1n) is 5.37. The van der Waals surface area contributed by atoms with Gasteiger partial charge in [-0.25, -0.2) is 0 Å². The average Bonchev–Trinajstić information content (AvgIpc) is 2.35. The van der Waals surface area contributed by atoms with Crippen LogP contribution in [0.1, 0.15) is 29.8 Å². The number of Topliss-reactive ketones (excluding diaryl/α,β-unsaturated/α-hetero) is 1. The summed E-state index contributed by atoms with van der Waals surface area (Å²) in [7, 11) is 0. The number of carbonyl (C=O) groups is 1. The van der Waals surface area contributed by atoms with Gasteiger partial charge >= 0.3 is 0 Å². The minimum Gasteiger partial charge on any atom is -0.396 e. The highest BCUT2D eigenvalue weighted by molar-refractivity contribution is 7.99. The lowest BCUT2D eigenvalue weighted by Gasteiger charge is -2.10. The third-order valence-electron chi connectivity index (χ3n) is 2.33. The Labute approximate surface area is 105 Å². The van der Waals surface area contributed by atoms with E-state index in [2.05, 4.69) is 6.07 Å². The van der Waals surface area contributed by atoms with Gasteiger partial charge < -0.3 is 5.11 Å². The summed E-state index contributed by atoms with van der Waals surface area (Å²) in [5.74, 6) is 0.894. The summed E-state index contributed by atoms with van der Waals surface area (Å²) >= 11 is 1.51. The number of ketones is 1. The zero-order valence-corrected chi connectivity index (χ0v) is 10.8. The van der Waals surface area contributed by atoms with Gasteiger partial charge in [-0.1, -0.05) is 6.92 Å². The van der Waals surface area contributed by atoms with Crippen molar-refractivity contribution >= 4 is 17.5 Å². The van der Waals surface area contributed by atoms with E-state index in [0.717, 1.165) is 10.6 Å². The van der Waals surface area contributed by atoms with E-state index < -0.39 is 0 Å². The lowest BCUT2D eigenvalue weighted by molar-refractivity contribution is 0.101. The van der Waals surface area contributed by atoms with E-state index in [9.17, 15) is 4.79 Å². The van der Waals surface area contributed by atoms with Crippen LogP contribution in [0.3, 0.4) is 0 Å².